The Hall–Kier alpha value is -3.15. The lowest BCUT2D eigenvalue weighted by atomic mass is 9.95. The first kappa shape index (κ1) is 17.7. The van der Waals surface area contributed by atoms with Crippen molar-refractivity contribution in [2.24, 2.45) is 12.0 Å². The minimum absolute atomic E-state index is 0.166. The molecule has 1 N–H and O–H groups in total. The molecule has 26 heavy (non-hydrogen) atoms. The van der Waals surface area contributed by atoms with E-state index in [1.807, 2.05) is 52.0 Å². The molecule has 0 fully saturated rings. The fourth-order valence-electron chi connectivity index (χ4n) is 3.29. The summed E-state index contributed by atoms with van der Waals surface area (Å²) in [6.45, 7) is 11.3. The van der Waals surface area contributed by atoms with Gasteiger partial charge in [-0.25, -0.2) is 4.79 Å². The van der Waals surface area contributed by atoms with Gasteiger partial charge in [0.1, 0.15) is 5.76 Å². The van der Waals surface area contributed by atoms with Gasteiger partial charge in [0.2, 0.25) is 0 Å². The van der Waals surface area contributed by atoms with Gasteiger partial charge in [-0.15, -0.1) is 0 Å². The van der Waals surface area contributed by atoms with E-state index >= 15 is 0 Å². The molecule has 2 heterocycles. The predicted molar refractivity (Wildman–Crippen MR) is 105 cm³/mol. The minimum Gasteiger partial charge on any atom is -0.361 e. The van der Waals surface area contributed by atoms with Crippen molar-refractivity contribution in [2.75, 3.05) is 0 Å². The first-order valence-corrected chi connectivity index (χ1v) is 8.35. The highest BCUT2D eigenvalue weighted by atomic mass is 16.5. The highest BCUT2D eigenvalue weighted by Crippen LogP contribution is 2.35. The van der Waals surface area contributed by atoms with Crippen molar-refractivity contribution in [2.45, 2.75) is 27.7 Å². The van der Waals surface area contributed by atoms with Crippen LogP contribution in [-0.2, 0) is 7.05 Å². The molecule has 2 aromatic heterocycles. The molecule has 0 unspecified atom stereocenters. The number of imidazole rings is 1. The molecule has 3 aromatic rings. The number of allylic oxidation sites excluding steroid dienone is 4. The number of hydrogen-bond acceptors (Lipinski definition) is 4. The first-order valence-electron chi connectivity index (χ1n) is 8.35. The van der Waals surface area contributed by atoms with Crippen molar-refractivity contribution in [1.29, 1.82) is 0 Å². The van der Waals surface area contributed by atoms with Crippen LogP contribution in [0.1, 0.15) is 30.9 Å². The lowest BCUT2D eigenvalue weighted by Crippen LogP contribution is -2.12. The lowest BCUT2D eigenvalue weighted by Gasteiger charge is -2.11. The highest BCUT2D eigenvalue weighted by molar-refractivity contribution is 5.96. The van der Waals surface area contributed by atoms with Gasteiger partial charge in [-0.1, -0.05) is 17.3 Å². The number of aromatic amines is 1. The van der Waals surface area contributed by atoms with Crippen LogP contribution in [0.3, 0.4) is 0 Å². The number of hydrogen-bond donors (Lipinski definition) is 1. The quantitative estimate of drug-likeness (QED) is 0.567. The molecular weight excluding hydrogens is 328 g/mol. The number of aliphatic imine (C=N–C) groups is 1. The number of fused-ring (bicyclic) bond motifs is 1. The van der Waals surface area contributed by atoms with E-state index in [-0.39, 0.29) is 5.69 Å². The number of aryl methyl sites for hydroxylation is 3. The molecule has 134 valence electrons. The maximum absolute atomic E-state index is 12.2. The topological polar surface area (TPSA) is 76.2 Å². The lowest BCUT2D eigenvalue weighted by molar-refractivity contribution is 0.393. The van der Waals surface area contributed by atoms with Gasteiger partial charge in [-0.05, 0) is 52.1 Å². The zero-order valence-corrected chi connectivity index (χ0v) is 15.7. The van der Waals surface area contributed by atoms with Gasteiger partial charge in [0.05, 0.1) is 16.7 Å². The van der Waals surface area contributed by atoms with E-state index in [1.165, 1.54) is 0 Å². The van der Waals surface area contributed by atoms with Crippen molar-refractivity contribution < 1.29 is 4.52 Å². The van der Waals surface area contributed by atoms with Crippen molar-refractivity contribution in [3.8, 4) is 11.1 Å². The average Bonchev–Trinajstić information content (AvgIpc) is 3.10. The number of rotatable bonds is 4. The Morgan fingerprint density at radius 2 is 2.12 bits per heavy atom. The summed E-state index contributed by atoms with van der Waals surface area (Å²) in [6.07, 6.45) is 3.93. The van der Waals surface area contributed by atoms with E-state index in [1.54, 1.807) is 11.6 Å². The standard InChI is InChI=1S/C20H22N4O2/c1-7-8-15(11(2)21-5)16-9-14(18-12(3)23-26-13(18)4)10-17-19(16)24(6)20(25)22-17/h7-10H,5H2,1-4,6H3,(H,22,25)/b8-7-,15-11+. The summed E-state index contributed by atoms with van der Waals surface area (Å²) in [5.74, 6) is 0.737. The van der Waals surface area contributed by atoms with Crippen LogP contribution < -0.4 is 5.69 Å². The van der Waals surface area contributed by atoms with Crippen LogP contribution in [0.5, 0.6) is 0 Å². The van der Waals surface area contributed by atoms with Crippen LogP contribution in [0.15, 0.2) is 44.3 Å². The minimum atomic E-state index is -0.166. The van der Waals surface area contributed by atoms with Crippen molar-refractivity contribution in [3.05, 3.63) is 57.5 Å². The van der Waals surface area contributed by atoms with Crippen LogP contribution in [0, 0.1) is 13.8 Å². The molecule has 0 aliphatic heterocycles. The maximum Gasteiger partial charge on any atom is 0.326 e. The Balaban J connectivity index is 2.47. The molecule has 6 nitrogen and oxygen atoms in total. The number of nitrogens with zero attached hydrogens (tertiary/aromatic N) is 3. The molecule has 0 saturated carbocycles. The third kappa shape index (κ3) is 2.73. The van der Waals surface area contributed by atoms with E-state index in [0.29, 0.717) is 0 Å². The Morgan fingerprint density at radius 1 is 1.38 bits per heavy atom. The Labute approximate surface area is 151 Å². The largest absolute Gasteiger partial charge is 0.361 e. The molecule has 1 aromatic carbocycles. The van der Waals surface area contributed by atoms with E-state index in [4.69, 9.17) is 4.52 Å². The van der Waals surface area contributed by atoms with Crippen LogP contribution in [0.2, 0.25) is 0 Å². The third-order valence-corrected chi connectivity index (χ3v) is 4.56. The van der Waals surface area contributed by atoms with Gasteiger partial charge >= 0.3 is 5.69 Å². The zero-order valence-electron chi connectivity index (χ0n) is 15.7. The number of aromatic nitrogens is 3. The molecule has 0 amide bonds. The number of benzene rings is 1. The normalized spacial score (nSPS) is 12.8. The maximum atomic E-state index is 12.2. The molecule has 0 atom stereocenters. The molecule has 0 radical (unpaired) electrons. The molecule has 0 aliphatic rings. The third-order valence-electron chi connectivity index (χ3n) is 4.56. The Bertz CT molecular complexity index is 1100. The molecule has 3 rings (SSSR count). The summed E-state index contributed by atoms with van der Waals surface area (Å²) in [6, 6.07) is 4.00. The van der Waals surface area contributed by atoms with Gasteiger partial charge in [-0.3, -0.25) is 9.56 Å². The second kappa shape index (κ2) is 6.63. The van der Waals surface area contributed by atoms with E-state index in [9.17, 15) is 4.79 Å². The molecule has 6 heteroatoms. The summed E-state index contributed by atoms with van der Waals surface area (Å²) in [5, 5.41) is 4.05. The Morgan fingerprint density at radius 3 is 2.69 bits per heavy atom. The Kier molecular flexibility index (Phi) is 4.50. The van der Waals surface area contributed by atoms with Gasteiger partial charge in [0.15, 0.2) is 0 Å². The summed E-state index contributed by atoms with van der Waals surface area (Å²) in [5.41, 5.74) is 6.69. The van der Waals surface area contributed by atoms with Gasteiger partial charge in [0, 0.05) is 29.4 Å². The number of nitrogens with one attached hydrogen (secondary N) is 1. The van der Waals surface area contributed by atoms with Crippen molar-refractivity contribution in [1.82, 2.24) is 14.7 Å². The summed E-state index contributed by atoms with van der Waals surface area (Å²) < 4.78 is 6.94. The summed E-state index contributed by atoms with van der Waals surface area (Å²) in [4.78, 5) is 19.3. The highest BCUT2D eigenvalue weighted by Gasteiger charge is 2.18. The second-order valence-electron chi connectivity index (χ2n) is 6.27. The molecule has 0 bridgehead atoms. The van der Waals surface area contributed by atoms with E-state index < -0.39 is 0 Å². The SMILES string of the molecule is C=N/C(C)=C(\C=C/C)c1cc(-c2c(C)noc2C)cc2[nH]c(=O)n(C)c12. The molecule has 0 aliphatic carbocycles. The fourth-order valence-corrected chi connectivity index (χ4v) is 3.29. The van der Waals surface area contributed by atoms with Gasteiger partial charge in [-0.2, -0.15) is 0 Å². The average molecular weight is 350 g/mol. The number of H-pyrrole nitrogens is 1. The predicted octanol–water partition coefficient (Wildman–Crippen LogP) is 4.15. The van der Waals surface area contributed by atoms with Crippen LogP contribution >= 0.6 is 0 Å². The monoisotopic (exact) mass is 350 g/mol. The second-order valence-corrected chi connectivity index (χ2v) is 6.27. The van der Waals surface area contributed by atoms with E-state index in [0.717, 1.165) is 50.4 Å². The van der Waals surface area contributed by atoms with Crippen molar-refractivity contribution >= 4 is 23.3 Å². The van der Waals surface area contributed by atoms with Crippen molar-refractivity contribution in [3.63, 3.8) is 0 Å². The molecule has 0 spiro atoms. The van der Waals surface area contributed by atoms with Gasteiger partial charge in [0.25, 0.3) is 0 Å². The molecular formula is C20H22N4O2. The summed E-state index contributed by atoms with van der Waals surface area (Å²) in [7, 11) is 1.75. The van der Waals surface area contributed by atoms with Crippen LogP contribution in [0.4, 0.5) is 0 Å². The summed E-state index contributed by atoms with van der Waals surface area (Å²) >= 11 is 0. The van der Waals surface area contributed by atoms with Crippen LogP contribution in [0.25, 0.3) is 27.7 Å². The fraction of sp³-hybridized carbons (Fsp3) is 0.250. The smallest absolute Gasteiger partial charge is 0.326 e. The van der Waals surface area contributed by atoms with Gasteiger partial charge < -0.3 is 9.51 Å². The van der Waals surface area contributed by atoms with E-state index in [2.05, 4.69) is 21.9 Å². The zero-order chi connectivity index (χ0) is 19.0. The van der Waals surface area contributed by atoms with Crippen LogP contribution in [-0.4, -0.2) is 21.4 Å². The first-order chi connectivity index (χ1) is 12.4. The molecule has 0 saturated heterocycles.